The van der Waals surface area contributed by atoms with E-state index in [1.165, 1.54) is 11.8 Å². The van der Waals surface area contributed by atoms with E-state index in [1.807, 2.05) is 90.3 Å². The summed E-state index contributed by atoms with van der Waals surface area (Å²) < 4.78 is 11.4. The molecular formula is C27H21N3O3S. The van der Waals surface area contributed by atoms with Crippen molar-refractivity contribution in [1.29, 1.82) is 5.41 Å². The minimum Gasteiger partial charge on any atom is -0.490 e. The number of rotatable bonds is 7. The van der Waals surface area contributed by atoms with Gasteiger partial charge in [0.25, 0.3) is 5.91 Å². The molecule has 0 aliphatic carbocycles. The number of nitrogens with one attached hydrogen (secondary N) is 1. The zero-order chi connectivity index (χ0) is 23.3. The molecule has 2 aliphatic heterocycles. The molecule has 2 aliphatic rings. The van der Waals surface area contributed by atoms with Crippen LogP contribution in [-0.2, 0) is 4.79 Å². The lowest BCUT2D eigenvalue weighted by Crippen LogP contribution is -2.38. The van der Waals surface area contributed by atoms with Crippen molar-refractivity contribution in [2.24, 2.45) is 4.99 Å². The van der Waals surface area contributed by atoms with E-state index in [2.05, 4.69) is 4.99 Å². The molecule has 168 valence electrons. The van der Waals surface area contributed by atoms with Crippen molar-refractivity contribution in [1.82, 2.24) is 4.90 Å². The molecule has 3 aromatic rings. The van der Waals surface area contributed by atoms with Crippen LogP contribution in [0.15, 0.2) is 101 Å². The van der Waals surface area contributed by atoms with E-state index >= 15 is 0 Å². The maximum Gasteiger partial charge on any atom is 0.283 e. The van der Waals surface area contributed by atoms with Crippen molar-refractivity contribution in [3.63, 3.8) is 0 Å². The van der Waals surface area contributed by atoms with Crippen molar-refractivity contribution in [2.45, 2.75) is 0 Å². The molecule has 1 amide bonds. The zero-order valence-electron chi connectivity index (χ0n) is 18.2. The number of carbonyl (C=O) groups is 1. The van der Waals surface area contributed by atoms with Crippen LogP contribution in [0.25, 0.3) is 11.8 Å². The van der Waals surface area contributed by atoms with Gasteiger partial charge in [0.1, 0.15) is 30.5 Å². The van der Waals surface area contributed by atoms with Crippen molar-refractivity contribution >= 4 is 40.4 Å². The third-order valence-electron chi connectivity index (χ3n) is 5.24. The minimum absolute atomic E-state index is 0.119. The summed E-state index contributed by atoms with van der Waals surface area (Å²) in [7, 11) is 0. The first-order chi connectivity index (χ1) is 16.7. The van der Waals surface area contributed by atoms with E-state index in [-0.39, 0.29) is 11.4 Å². The van der Waals surface area contributed by atoms with Crippen molar-refractivity contribution < 1.29 is 14.3 Å². The molecule has 0 unspecified atom stereocenters. The topological polar surface area (TPSA) is 75.0 Å². The van der Waals surface area contributed by atoms with Gasteiger partial charge in [-0.15, -0.1) is 0 Å². The van der Waals surface area contributed by atoms with Gasteiger partial charge in [0.05, 0.1) is 11.3 Å². The molecule has 1 N–H and O–H groups in total. The highest BCUT2D eigenvalue weighted by Crippen LogP contribution is 2.37. The average Bonchev–Trinajstić information content (AvgIpc) is 3.30. The Kier molecular flexibility index (Phi) is 6.27. The molecule has 0 atom stereocenters. The van der Waals surface area contributed by atoms with Gasteiger partial charge in [-0.2, -0.15) is 4.99 Å². The molecule has 0 aromatic heterocycles. The molecule has 34 heavy (non-hydrogen) atoms. The second-order valence-corrected chi connectivity index (χ2v) is 8.34. The predicted molar refractivity (Wildman–Crippen MR) is 136 cm³/mol. The van der Waals surface area contributed by atoms with Crippen molar-refractivity contribution in [3.8, 4) is 11.5 Å². The number of para-hydroxylation sites is 1. The number of ether oxygens (including phenoxy) is 2. The maximum absolute atomic E-state index is 12.7. The van der Waals surface area contributed by atoms with Crippen LogP contribution in [0.1, 0.15) is 11.1 Å². The molecule has 0 bridgehead atoms. The van der Waals surface area contributed by atoms with Crippen LogP contribution in [0, 0.1) is 5.41 Å². The highest BCUT2D eigenvalue weighted by Gasteiger charge is 2.36. The summed E-state index contributed by atoms with van der Waals surface area (Å²) in [5.41, 5.74) is 2.85. The van der Waals surface area contributed by atoms with Crippen LogP contribution < -0.4 is 9.47 Å². The molecule has 0 spiro atoms. The second-order valence-electron chi connectivity index (χ2n) is 7.51. The SMILES string of the molecule is N=C1C(=Cc2ccc(OCCOc3ccccc3)cc2)C(=O)N=C2SC=C(c3ccccc3)N12. The molecule has 0 fully saturated rings. The Morgan fingerprint density at radius 1 is 0.853 bits per heavy atom. The van der Waals surface area contributed by atoms with E-state index in [0.717, 1.165) is 22.6 Å². The molecule has 6 nitrogen and oxygen atoms in total. The number of benzene rings is 3. The number of nitrogens with zero attached hydrogens (tertiary/aromatic N) is 2. The number of aliphatic imine (C=N–C) groups is 1. The van der Waals surface area contributed by atoms with Crippen molar-refractivity contribution in [3.05, 3.63) is 107 Å². The zero-order valence-corrected chi connectivity index (χ0v) is 19.0. The lowest BCUT2D eigenvalue weighted by molar-refractivity contribution is -0.114. The number of fused-ring (bicyclic) bond motifs is 1. The van der Waals surface area contributed by atoms with Crippen molar-refractivity contribution in [2.75, 3.05) is 13.2 Å². The third-order valence-corrected chi connectivity index (χ3v) is 6.06. The van der Waals surface area contributed by atoms with Crippen LogP contribution in [0.4, 0.5) is 0 Å². The number of amidine groups is 2. The highest BCUT2D eigenvalue weighted by atomic mass is 32.2. The quantitative estimate of drug-likeness (QED) is 0.370. The normalized spacial score (nSPS) is 16.2. The Hall–Kier alpha value is -4.10. The Balaban J connectivity index is 1.25. The summed E-state index contributed by atoms with van der Waals surface area (Å²) >= 11 is 1.35. The summed E-state index contributed by atoms with van der Waals surface area (Å²) in [6.07, 6.45) is 1.69. The summed E-state index contributed by atoms with van der Waals surface area (Å²) in [5.74, 6) is 1.22. The molecule has 2 heterocycles. The monoisotopic (exact) mass is 467 g/mol. The van der Waals surface area contributed by atoms with Gasteiger partial charge in [-0.3, -0.25) is 15.1 Å². The molecule has 7 heteroatoms. The average molecular weight is 468 g/mol. The number of amides is 1. The predicted octanol–water partition coefficient (Wildman–Crippen LogP) is 5.45. The minimum atomic E-state index is -0.412. The first-order valence-electron chi connectivity index (χ1n) is 10.8. The first-order valence-corrected chi connectivity index (χ1v) is 11.6. The van der Waals surface area contributed by atoms with Gasteiger partial charge in [-0.05, 0) is 41.5 Å². The largest absolute Gasteiger partial charge is 0.490 e. The molecule has 0 radical (unpaired) electrons. The molecule has 0 saturated carbocycles. The van der Waals surface area contributed by atoms with Gasteiger partial charge in [-0.25, -0.2) is 0 Å². The lowest BCUT2D eigenvalue weighted by Gasteiger charge is -2.26. The van der Waals surface area contributed by atoms with Gasteiger partial charge in [-0.1, -0.05) is 72.4 Å². The highest BCUT2D eigenvalue weighted by molar-refractivity contribution is 8.17. The molecule has 5 rings (SSSR count). The van der Waals surface area contributed by atoms with Crippen LogP contribution in [0.2, 0.25) is 0 Å². The first kappa shape index (κ1) is 21.7. The van der Waals surface area contributed by atoms with Gasteiger partial charge in [0, 0.05) is 5.41 Å². The second kappa shape index (κ2) is 9.80. The Bertz CT molecular complexity index is 1300. The summed E-state index contributed by atoms with van der Waals surface area (Å²) in [6, 6.07) is 26.8. The fourth-order valence-corrected chi connectivity index (χ4v) is 4.47. The fourth-order valence-electron chi connectivity index (χ4n) is 3.58. The number of carbonyl (C=O) groups excluding carboxylic acids is 1. The van der Waals surface area contributed by atoms with E-state index in [4.69, 9.17) is 14.9 Å². The van der Waals surface area contributed by atoms with Gasteiger partial charge in [0.15, 0.2) is 5.17 Å². The van der Waals surface area contributed by atoms with Crippen LogP contribution in [0.3, 0.4) is 0 Å². The number of hydrogen-bond acceptors (Lipinski definition) is 5. The Morgan fingerprint density at radius 3 is 2.15 bits per heavy atom. The summed E-state index contributed by atoms with van der Waals surface area (Å²) in [4.78, 5) is 18.6. The molecular weight excluding hydrogens is 446 g/mol. The fraction of sp³-hybridized carbons (Fsp3) is 0.0741. The van der Waals surface area contributed by atoms with Crippen LogP contribution >= 0.6 is 11.8 Å². The number of hydrogen-bond donors (Lipinski definition) is 1. The summed E-state index contributed by atoms with van der Waals surface area (Å²) in [5, 5.41) is 11.2. The molecule has 3 aromatic carbocycles. The lowest BCUT2D eigenvalue weighted by atomic mass is 10.1. The van der Waals surface area contributed by atoms with Gasteiger partial charge >= 0.3 is 0 Å². The van der Waals surface area contributed by atoms with E-state index < -0.39 is 5.91 Å². The Morgan fingerprint density at radius 2 is 1.47 bits per heavy atom. The number of thioether (sulfide) groups is 1. The third kappa shape index (κ3) is 4.65. The van der Waals surface area contributed by atoms with E-state index in [1.54, 1.807) is 11.0 Å². The standard InChI is InChI=1S/C27H21N3O3S/c28-25-23(26(31)29-27-30(25)24(18-34-27)20-7-3-1-4-8-20)17-19-11-13-22(14-12-19)33-16-15-32-21-9-5-2-6-10-21/h1-14,17-18,28H,15-16H2. The van der Waals surface area contributed by atoms with Crippen LogP contribution in [0.5, 0.6) is 11.5 Å². The van der Waals surface area contributed by atoms with E-state index in [0.29, 0.717) is 24.1 Å². The van der Waals surface area contributed by atoms with Gasteiger partial charge in [0.2, 0.25) is 0 Å². The summed E-state index contributed by atoms with van der Waals surface area (Å²) in [6.45, 7) is 0.851. The van der Waals surface area contributed by atoms with Crippen LogP contribution in [-0.4, -0.2) is 35.0 Å². The molecule has 0 saturated heterocycles. The maximum atomic E-state index is 12.7. The van der Waals surface area contributed by atoms with Gasteiger partial charge < -0.3 is 9.47 Å². The Labute approximate surface area is 201 Å². The smallest absolute Gasteiger partial charge is 0.283 e. The van der Waals surface area contributed by atoms with E-state index in [9.17, 15) is 4.79 Å².